The van der Waals surface area contributed by atoms with Crippen molar-refractivity contribution in [1.29, 1.82) is 0 Å². The quantitative estimate of drug-likeness (QED) is 0.576. The number of aromatic amines is 1. The van der Waals surface area contributed by atoms with Crippen LogP contribution in [0, 0.1) is 0 Å². The molecule has 0 radical (unpaired) electrons. The van der Waals surface area contributed by atoms with Gasteiger partial charge in [-0.25, -0.2) is 4.68 Å². The molecule has 2 N–H and O–H groups in total. The minimum atomic E-state index is 0.524. The van der Waals surface area contributed by atoms with E-state index < -0.39 is 0 Å². The Morgan fingerprint density at radius 1 is 1.15 bits per heavy atom. The molecular formula is C13H11N7. The van der Waals surface area contributed by atoms with Crippen LogP contribution in [0.1, 0.15) is 0 Å². The van der Waals surface area contributed by atoms with E-state index in [0.29, 0.717) is 17.4 Å². The van der Waals surface area contributed by atoms with Crippen LogP contribution in [-0.2, 0) is 0 Å². The number of benzene rings is 1. The average Bonchev–Trinajstić information content (AvgIpc) is 3.12. The predicted molar refractivity (Wildman–Crippen MR) is 75.9 cm³/mol. The van der Waals surface area contributed by atoms with E-state index in [9.17, 15) is 0 Å². The summed E-state index contributed by atoms with van der Waals surface area (Å²) in [5.74, 6) is 1.23. The number of hydrogen-bond acceptors (Lipinski definition) is 5. The Balaban J connectivity index is 2.08. The second kappa shape index (κ2) is 4.02. The van der Waals surface area contributed by atoms with Gasteiger partial charge in [-0.2, -0.15) is 20.2 Å². The zero-order valence-electron chi connectivity index (χ0n) is 10.7. The molecule has 0 unspecified atom stereocenters. The Labute approximate surface area is 113 Å². The lowest BCUT2D eigenvalue weighted by molar-refractivity contribution is 0.879. The van der Waals surface area contributed by atoms with Gasteiger partial charge in [0.1, 0.15) is 0 Å². The number of anilines is 1. The first-order valence-corrected chi connectivity index (χ1v) is 6.19. The molecule has 0 saturated carbocycles. The van der Waals surface area contributed by atoms with Gasteiger partial charge >= 0.3 is 0 Å². The molecule has 98 valence electrons. The Bertz CT molecular complexity index is 905. The SMILES string of the molecule is CNc1nc(-n2ncc3ccccc32)c2cn[nH]c2n1. The van der Waals surface area contributed by atoms with Crippen molar-refractivity contribution in [3.8, 4) is 5.82 Å². The van der Waals surface area contributed by atoms with Crippen molar-refractivity contribution in [2.24, 2.45) is 0 Å². The van der Waals surface area contributed by atoms with Gasteiger partial charge in [0.25, 0.3) is 0 Å². The molecular weight excluding hydrogens is 254 g/mol. The van der Waals surface area contributed by atoms with Crippen molar-refractivity contribution >= 4 is 27.9 Å². The van der Waals surface area contributed by atoms with E-state index in [4.69, 9.17) is 0 Å². The summed E-state index contributed by atoms with van der Waals surface area (Å²) in [4.78, 5) is 8.83. The van der Waals surface area contributed by atoms with Gasteiger partial charge in [0.15, 0.2) is 11.5 Å². The van der Waals surface area contributed by atoms with Crippen LogP contribution in [0.15, 0.2) is 36.7 Å². The van der Waals surface area contributed by atoms with E-state index in [2.05, 4.69) is 30.6 Å². The van der Waals surface area contributed by atoms with Crippen molar-refractivity contribution in [2.45, 2.75) is 0 Å². The summed E-state index contributed by atoms with van der Waals surface area (Å²) in [7, 11) is 1.78. The zero-order valence-corrected chi connectivity index (χ0v) is 10.7. The monoisotopic (exact) mass is 265 g/mol. The standard InChI is InChI=1S/C13H11N7/c1-14-13-17-11-9(7-15-19-11)12(18-13)20-10-5-3-2-4-8(10)6-16-20/h2-7H,1H3,(H2,14,15,17,18,19). The van der Waals surface area contributed by atoms with Crippen LogP contribution in [0.2, 0.25) is 0 Å². The summed E-state index contributed by atoms with van der Waals surface area (Å²) in [5.41, 5.74) is 1.68. The molecule has 0 aliphatic carbocycles. The van der Waals surface area contributed by atoms with Crippen LogP contribution in [0.3, 0.4) is 0 Å². The van der Waals surface area contributed by atoms with Crippen LogP contribution < -0.4 is 5.32 Å². The highest BCUT2D eigenvalue weighted by Crippen LogP contribution is 2.22. The van der Waals surface area contributed by atoms with Crippen molar-refractivity contribution in [1.82, 2.24) is 29.9 Å². The van der Waals surface area contributed by atoms with Gasteiger partial charge in [-0.05, 0) is 6.07 Å². The van der Waals surface area contributed by atoms with Crippen LogP contribution >= 0.6 is 0 Å². The molecule has 20 heavy (non-hydrogen) atoms. The third-order valence-corrected chi connectivity index (χ3v) is 3.19. The van der Waals surface area contributed by atoms with Gasteiger partial charge in [0.05, 0.1) is 23.3 Å². The van der Waals surface area contributed by atoms with Crippen molar-refractivity contribution in [3.05, 3.63) is 36.7 Å². The smallest absolute Gasteiger partial charge is 0.226 e. The summed E-state index contributed by atoms with van der Waals surface area (Å²) in [6, 6.07) is 8.00. The molecule has 7 nitrogen and oxygen atoms in total. The summed E-state index contributed by atoms with van der Waals surface area (Å²) in [6.45, 7) is 0. The highest BCUT2D eigenvalue weighted by molar-refractivity contribution is 5.87. The Morgan fingerprint density at radius 2 is 2.05 bits per heavy atom. The van der Waals surface area contributed by atoms with Gasteiger partial charge in [-0.1, -0.05) is 18.2 Å². The highest BCUT2D eigenvalue weighted by Gasteiger charge is 2.13. The fraction of sp³-hybridized carbons (Fsp3) is 0.0769. The number of aromatic nitrogens is 6. The molecule has 0 bridgehead atoms. The normalized spacial score (nSPS) is 11.2. The van der Waals surface area contributed by atoms with Gasteiger partial charge in [0.2, 0.25) is 5.95 Å². The molecule has 0 fully saturated rings. The predicted octanol–water partition coefficient (Wildman–Crippen LogP) is 1.73. The molecule has 0 amide bonds. The first-order chi connectivity index (χ1) is 9.86. The van der Waals surface area contributed by atoms with Gasteiger partial charge < -0.3 is 5.32 Å². The Morgan fingerprint density at radius 3 is 2.95 bits per heavy atom. The average molecular weight is 265 g/mol. The van der Waals surface area contributed by atoms with Crippen molar-refractivity contribution in [2.75, 3.05) is 12.4 Å². The number of fused-ring (bicyclic) bond motifs is 2. The molecule has 1 aromatic carbocycles. The van der Waals surface area contributed by atoms with Gasteiger partial charge in [0, 0.05) is 12.4 Å². The fourth-order valence-corrected chi connectivity index (χ4v) is 2.23. The first kappa shape index (κ1) is 10.9. The number of hydrogen-bond donors (Lipinski definition) is 2. The molecule has 0 saturated heterocycles. The van der Waals surface area contributed by atoms with Gasteiger partial charge in [-0.3, -0.25) is 5.10 Å². The fourth-order valence-electron chi connectivity index (χ4n) is 2.23. The number of para-hydroxylation sites is 1. The van der Waals surface area contributed by atoms with Crippen LogP contribution in [-0.4, -0.2) is 37.0 Å². The molecule has 0 aliphatic heterocycles. The maximum atomic E-state index is 4.50. The maximum Gasteiger partial charge on any atom is 0.226 e. The van der Waals surface area contributed by atoms with Crippen LogP contribution in [0.25, 0.3) is 27.8 Å². The molecule has 4 aromatic rings. The van der Waals surface area contributed by atoms with Gasteiger partial charge in [-0.15, -0.1) is 0 Å². The van der Waals surface area contributed by atoms with Crippen molar-refractivity contribution in [3.63, 3.8) is 0 Å². The molecule has 0 atom stereocenters. The number of H-pyrrole nitrogens is 1. The number of nitrogens with one attached hydrogen (secondary N) is 2. The molecule has 3 heterocycles. The Hall–Kier alpha value is -2.96. The zero-order chi connectivity index (χ0) is 13.5. The minimum Gasteiger partial charge on any atom is -0.357 e. The van der Waals surface area contributed by atoms with Crippen molar-refractivity contribution < 1.29 is 0 Å². The van der Waals surface area contributed by atoms with E-state index in [-0.39, 0.29) is 0 Å². The highest BCUT2D eigenvalue weighted by atomic mass is 15.3. The summed E-state index contributed by atoms with van der Waals surface area (Å²) in [6.07, 6.45) is 3.53. The number of nitrogens with zero attached hydrogens (tertiary/aromatic N) is 5. The minimum absolute atomic E-state index is 0.524. The molecule has 7 heteroatoms. The second-order valence-electron chi connectivity index (χ2n) is 4.37. The van der Waals surface area contributed by atoms with E-state index in [1.165, 1.54) is 0 Å². The lowest BCUT2D eigenvalue weighted by Gasteiger charge is -2.06. The third-order valence-electron chi connectivity index (χ3n) is 3.19. The summed E-state index contributed by atoms with van der Waals surface area (Å²) >= 11 is 0. The topological polar surface area (TPSA) is 84.3 Å². The van der Waals surface area contributed by atoms with E-state index >= 15 is 0 Å². The first-order valence-electron chi connectivity index (χ1n) is 6.19. The Kier molecular flexibility index (Phi) is 2.19. The summed E-state index contributed by atoms with van der Waals surface area (Å²) in [5, 5.41) is 16.2. The maximum absolute atomic E-state index is 4.50. The van der Waals surface area contributed by atoms with E-state index in [0.717, 1.165) is 16.3 Å². The van der Waals surface area contributed by atoms with Crippen LogP contribution in [0.5, 0.6) is 0 Å². The third kappa shape index (κ3) is 1.46. The lowest BCUT2D eigenvalue weighted by atomic mass is 10.2. The molecule has 3 aromatic heterocycles. The van der Waals surface area contributed by atoms with Crippen LogP contribution in [0.4, 0.5) is 5.95 Å². The van der Waals surface area contributed by atoms with E-state index in [1.807, 2.05) is 30.5 Å². The molecule has 0 aliphatic rings. The van der Waals surface area contributed by atoms with E-state index in [1.54, 1.807) is 17.9 Å². The molecule has 0 spiro atoms. The second-order valence-corrected chi connectivity index (χ2v) is 4.37. The molecule has 4 rings (SSSR count). The lowest BCUT2D eigenvalue weighted by Crippen LogP contribution is -2.05. The largest absolute Gasteiger partial charge is 0.357 e. The summed E-state index contributed by atoms with van der Waals surface area (Å²) < 4.78 is 1.80. The number of rotatable bonds is 2.